The Morgan fingerprint density at radius 3 is 2.61 bits per heavy atom. The monoisotopic (exact) mass is 602 g/mol. The number of anilines is 3. The highest BCUT2D eigenvalue weighted by atomic mass is 19.1. The molecule has 1 saturated heterocycles. The normalized spacial score (nSPS) is 15.5. The van der Waals surface area contributed by atoms with E-state index in [2.05, 4.69) is 30.7 Å². The van der Waals surface area contributed by atoms with E-state index >= 15 is 4.39 Å². The summed E-state index contributed by atoms with van der Waals surface area (Å²) < 4.78 is 48.4. The van der Waals surface area contributed by atoms with Crippen molar-refractivity contribution >= 4 is 39.6 Å². The van der Waals surface area contributed by atoms with Gasteiger partial charge in [-0.25, -0.2) is 28.2 Å². The van der Waals surface area contributed by atoms with Gasteiger partial charge in [0.15, 0.2) is 23.0 Å². The lowest BCUT2D eigenvalue weighted by molar-refractivity contribution is -0.114. The Bertz CT molecular complexity index is 1900. The Balaban J connectivity index is 1.28. The van der Waals surface area contributed by atoms with Crippen LogP contribution in [0.25, 0.3) is 16.6 Å². The standard InChI is InChI=1S/C30H28F2N8O4/c1-39-7-4-5-17(39)9-21(32)30(41)38-23-11-19-22(13-26(23)42-2)33-15-35-29(19)37-24-12-20(31)25(14-27(24)43-3)44-18-6-8-40-28(10-18)34-16-36-40/h6,8-17H,4-5,7H2,1-3H3,(H,38,41)(H,33,35,37)/b21-9-. The number of hydrogen-bond donors (Lipinski definition) is 2. The van der Waals surface area contributed by atoms with Crippen LogP contribution in [0.1, 0.15) is 12.8 Å². The first-order chi connectivity index (χ1) is 21.3. The van der Waals surface area contributed by atoms with Gasteiger partial charge in [0.05, 0.1) is 31.1 Å². The Kier molecular flexibility index (Phi) is 7.89. The number of nitrogens with one attached hydrogen (secondary N) is 2. The van der Waals surface area contributed by atoms with E-state index in [1.54, 1.807) is 35.0 Å². The molecule has 0 spiro atoms. The fourth-order valence-corrected chi connectivity index (χ4v) is 5.02. The van der Waals surface area contributed by atoms with Crippen LogP contribution in [0, 0.1) is 5.82 Å². The molecule has 0 aliphatic carbocycles. The van der Waals surface area contributed by atoms with Crippen LogP contribution < -0.4 is 24.8 Å². The summed E-state index contributed by atoms with van der Waals surface area (Å²) in [5.41, 5.74) is 1.46. The molecule has 1 atom stereocenters. The first-order valence-corrected chi connectivity index (χ1v) is 13.7. The molecule has 0 radical (unpaired) electrons. The minimum atomic E-state index is -0.906. The van der Waals surface area contributed by atoms with Crippen LogP contribution in [-0.4, -0.2) is 69.2 Å². The number of likely N-dealkylation sites (N-methyl/N-ethyl adjacent to an activating group) is 1. The number of methoxy groups -OCH3 is 2. The molecule has 1 amide bonds. The zero-order valence-electron chi connectivity index (χ0n) is 24.0. The largest absolute Gasteiger partial charge is 0.494 e. The topological polar surface area (TPSA) is 128 Å². The number of likely N-dealkylation sites (tertiary alicyclic amines) is 1. The third kappa shape index (κ3) is 5.79. The predicted octanol–water partition coefficient (Wildman–Crippen LogP) is 5.25. The Morgan fingerprint density at radius 2 is 1.84 bits per heavy atom. The third-order valence-corrected chi connectivity index (χ3v) is 7.32. The maximum Gasteiger partial charge on any atom is 0.284 e. The highest BCUT2D eigenvalue weighted by molar-refractivity contribution is 6.05. The van der Waals surface area contributed by atoms with E-state index in [0.29, 0.717) is 22.3 Å². The third-order valence-electron chi connectivity index (χ3n) is 7.32. The second-order valence-corrected chi connectivity index (χ2v) is 10.1. The summed E-state index contributed by atoms with van der Waals surface area (Å²) in [4.78, 5) is 27.5. The minimum Gasteiger partial charge on any atom is -0.494 e. The second-order valence-electron chi connectivity index (χ2n) is 10.1. The Morgan fingerprint density at radius 1 is 1.02 bits per heavy atom. The number of amides is 1. The van der Waals surface area contributed by atoms with E-state index in [4.69, 9.17) is 14.2 Å². The van der Waals surface area contributed by atoms with Gasteiger partial charge in [-0.05, 0) is 44.6 Å². The molecule has 1 aliphatic rings. The van der Waals surface area contributed by atoms with Gasteiger partial charge in [-0.3, -0.25) is 9.69 Å². The van der Waals surface area contributed by atoms with Crippen molar-refractivity contribution in [3.8, 4) is 23.0 Å². The number of ether oxygens (including phenoxy) is 3. The number of nitrogens with zero attached hydrogens (tertiary/aromatic N) is 6. The van der Waals surface area contributed by atoms with Gasteiger partial charge in [0, 0.05) is 41.9 Å². The molecule has 5 aromatic rings. The van der Waals surface area contributed by atoms with Crippen molar-refractivity contribution in [3.05, 3.63) is 73.0 Å². The van der Waals surface area contributed by atoms with Crippen molar-refractivity contribution < 1.29 is 27.8 Å². The van der Waals surface area contributed by atoms with E-state index in [1.807, 2.05) is 11.9 Å². The summed E-state index contributed by atoms with van der Waals surface area (Å²) in [6.45, 7) is 0.842. The lowest BCUT2D eigenvalue weighted by Gasteiger charge is -2.17. The molecule has 3 aromatic heterocycles. The van der Waals surface area contributed by atoms with Crippen LogP contribution >= 0.6 is 0 Å². The van der Waals surface area contributed by atoms with Gasteiger partial charge >= 0.3 is 0 Å². The van der Waals surface area contributed by atoms with Crippen molar-refractivity contribution in [2.75, 3.05) is 38.4 Å². The quantitative estimate of drug-likeness (QED) is 0.216. The van der Waals surface area contributed by atoms with E-state index in [-0.39, 0.29) is 40.5 Å². The predicted molar refractivity (Wildman–Crippen MR) is 159 cm³/mol. The van der Waals surface area contributed by atoms with E-state index in [1.165, 1.54) is 45.1 Å². The summed E-state index contributed by atoms with van der Waals surface area (Å²) in [6, 6.07) is 8.87. The maximum absolute atomic E-state index is 15.3. The molecule has 1 aliphatic heterocycles. The summed E-state index contributed by atoms with van der Waals surface area (Å²) >= 11 is 0. The van der Waals surface area contributed by atoms with Crippen LogP contribution in [-0.2, 0) is 4.79 Å². The lowest BCUT2D eigenvalue weighted by Crippen LogP contribution is -2.24. The van der Waals surface area contributed by atoms with Gasteiger partial charge in [0.25, 0.3) is 5.91 Å². The number of halogens is 2. The molecule has 14 heteroatoms. The molecule has 1 fully saturated rings. The molecule has 44 heavy (non-hydrogen) atoms. The molecule has 2 aromatic carbocycles. The summed E-state index contributed by atoms with van der Waals surface area (Å²) in [5, 5.41) is 10.1. The lowest BCUT2D eigenvalue weighted by atomic mass is 10.1. The van der Waals surface area contributed by atoms with Gasteiger partial charge in [0.2, 0.25) is 0 Å². The minimum absolute atomic E-state index is 0.0718. The first-order valence-electron chi connectivity index (χ1n) is 13.7. The van der Waals surface area contributed by atoms with Crippen LogP contribution in [0.4, 0.5) is 26.0 Å². The molecular weight excluding hydrogens is 574 g/mol. The van der Waals surface area contributed by atoms with E-state index in [0.717, 1.165) is 19.4 Å². The SMILES string of the molecule is COc1cc2ncnc(Nc3cc(F)c(Oc4ccn5ncnc5c4)cc3OC)c2cc1NC(=O)/C(F)=C/C1CCCN1C. The smallest absolute Gasteiger partial charge is 0.284 e. The van der Waals surface area contributed by atoms with Crippen LogP contribution in [0.2, 0.25) is 0 Å². The Labute approximate surface area is 250 Å². The van der Waals surface area contributed by atoms with Crippen molar-refractivity contribution in [1.82, 2.24) is 29.5 Å². The van der Waals surface area contributed by atoms with E-state index < -0.39 is 17.6 Å². The number of rotatable bonds is 9. The summed E-state index contributed by atoms with van der Waals surface area (Å²) in [6.07, 6.45) is 7.41. The number of pyridine rings is 1. The highest BCUT2D eigenvalue weighted by Crippen LogP contribution is 2.38. The number of aromatic nitrogens is 5. The Hall–Kier alpha value is -5.37. The molecule has 12 nitrogen and oxygen atoms in total. The molecule has 2 N–H and O–H groups in total. The molecule has 6 rings (SSSR count). The summed E-state index contributed by atoms with van der Waals surface area (Å²) in [7, 11) is 4.76. The number of benzene rings is 2. The van der Waals surface area contributed by atoms with Crippen LogP contribution in [0.15, 0.2) is 67.2 Å². The molecule has 1 unspecified atom stereocenters. The van der Waals surface area contributed by atoms with Crippen molar-refractivity contribution in [3.63, 3.8) is 0 Å². The van der Waals surface area contributed by atoms with Gasteiger partial charge in [-0.15, -0.1) is 0 Å². The van der Waals surface area contributed by atoms with Crippen molar-refractivity contribution in [2.24, 2.45) is 0 Å². The molecular formula is C30H28F2N8O4. The average molecular weight is 603 g/mol. The number of fused-ring (bicyclic) bond motifs is 2. The fourth-order valence-electron chi connectivity index (χ4n) is 5.02. The van der Waals surface area contributed by atoms with Crippen LogP contribution in [0.5, 0.6) is 23.0 Å². The molecule has 0 saturated carbocycles. The highest BCUT2D eigenvalue weighted by Gasteiger charge is 2.23. The second kappa shape index (κ2) is 12.1. The van der Waals surface area contributed by atoms with Crippen LogP contribution in [0.3, 0.4) is 0 Å². The number of carbonyl (C=O) groups excluding carboxylic acids is 1. The zero-order chi connectivity index (χ0) is 30.8. The average Bonchev–Trinajstić information content (AvgIpc) is 3.66. The van der Waals surface area contributed by atoms with Gasteiger partial charge < -0.3 is 24.8 Å². The fraction of sp³-hybridized carbons (Fsp3) is 0.233. The maximum atomic E-state index is 15.3. The summed E-state index contributed by atoms with van der Waals surface area (Å²) in [5.74, 6) is -1.36. The first kappa shape index (κ1) is 28.7. The zero-order valence-corrected chi connectivity index (χ0v) is 24.0. The number of carbonyl (C=O) groups is 1. The molecule has 0 bridgehead atoms. The number of hydrogen-bond acceptors (Lipinski definition) is 10. The van der Waals surface area contributed by atoms with Crippen molar-refractivity contribution in [1.29, 1.82) is 0 Å². The van der Waals surface area contributed by atoms with Gasteiger partial charge in [0.1, 0.15) is 35.7 Å². The van der Waals surface area contributed by atoms with Gasteiger partial charge in [-0.1, -0.05) is 0 Å². The molecule has 4 heterocycles. The van der Waals surface area contributed by atoms with Gasteiger partial charge in [-0.2, -0.15) is 5.10 Å². The van der Waals surface area contributed by atoms with E-state index in [9.17, 15) is 9.18 Å². The van der Waals surface area contributed by atoms with Crippen molar-refractivity contribution in [2.45, 2.75) is 18.9 Å². The molecule has 226 valence electrons.